The van der Waals surface area contributed by atoms with Crippen LogP contribution in [0.1, 0.15) is 12.8 Å². The number of nitrogens with zero attached hydrogens (tertiary/aromatic N) is 3. The lowest BCUT2D eigenvalue weighted by molar-refractivity contribution is -0.122. The van der Waals surface area contributed by atoms with E-state index in [1.54, 1.807) is 0 Å². The van der Waals surface area contributed by atoms with Crippen molar-refractivity contribution in [3.05, 3.63) is 29.4 Å². The molecule has 2 heterocycles. The molecule has 0 spiro atoms. The Balaban J connectivity index is 1.92. The molecule has 104 valence electrons. The molecule has 0 aliphatic carbocycles. The molecule has 2 N–H and O–H groups in total. The van der Waals surface area contributed by atoms with Gasteiger partial charge in [0.1, 0.15) is 0 Å². The van der Waals surface area contributed by atoms with Crippen molar-refractivity contribution in [2.24, 2.45) is 11.7 Å². The molecule has 3 rings (SSSR count). The van der Waals surface area contributed by atoms with E-state index in [0.717, 1.165) is 42.5 Å². The van der Waals surface area contributed by atoms with Crippen molar-refractivity contribution in [1.82, 2.24) is 10.2 Å². The molecular weight excluding hydrogens is 276 g/mol. The lowest BCUT2D eigenvalue weighted by Gasteiger charge is -2.31. The van der Waals surface area contributed by atoms with E-state index in [0.29, 0.717) is 5.15 Å². The van der Waals surface area contributed by atoms with Gasteiger partial charge in [-0.3, -0.25) is 4.79 Å². The van der Waals surface area contributed by atoms with Crippen LogP contribution >= 0.6 is 11.6 Å². The molecular formula is C14H15ClN4O. The number of fused-ring (bicyclic) bond motifs is 1. The van der Waals surface area contributed by atoms with Crippen LogP contribution in [0.15, 0.2) is 24.3 Å². The number of hydrogen-bond acceptors (Lipinski definition) is 4. The second-order valence-electron chi connectivity index (χ2n) is 5.02. The van der Waals surface area contributed by atoms with Crippen LogP contribution in [0.5, 0.6) is 0 Å². The normalized spacial score (nSPS) is 16.6. The minimum atomic E-state index is -0.211. The number of anilines is 1. The number of piperidine rings is 1. The minimum absolute atomic E-state index is 0.0298. The Morgan fingerprint density at radius 1 is 1.20 bits per heavy atom. The summed E-state index contributed by atoms with van der Waals surface area (Å²) in [6.07, 6.45) is 1.52. The smallest absolute Gasteiger partial charge is 0.220 e. The molecule has 1 aromatic heterocycles. The molecule has 0 bridgehead atoms. The van der Waals surface area contributed by atoms with Gasteiger partial charge in [0.05, 0.1) is 0 Å². The number of nitrogens with two attached hydrogens (primary N) is 1. The van der Waals surface area contributed by atoms with Crippen LogP contribution in [0.4, 0.5) is 5.82 Å². The number of benzene rings is 1. The van der Waals surface area contributed by atoms with Crippen LogP contribution in [0.2, 0.25) is 5.15 Å². The van der Waals surface area contributed by atoms with E-state index >= 15 is 0 Å². The van der Waals surface area contributed by atoms with Crippen molar-refractivity contribution in [3.8, 4) is 0 Å². The van der Waals surface area contributed by atoms with Gasteiger partial charge in [-0.25, -0.2) is 0 Å². The van der Waals surface area contributed by atoms with Crippen molar-refractivity contribution in [2.45, 2.75) is 12.8 Å². The van der Waals surface area contributed by atoms with Gasteiger partial charge >= 0.3 is 0 Å². The topological polar surface area (TPSA) is 72.1 Å². The van der Waals surface area contributed by atoms with Crippen molar-refractivity contribution >= 4 is 34.1 Å². The third-order valence-electron chi connectivity index (χ3n) is 3.82. The number of carbonyl (C=O) groups is 1. The van der Waals surface area contributed by atoms with Crippen LogP contribution in [0.25, 0.3) is 10.8 Å². The number of aromatic nitrogens is 2. The first-order chi connectivity index (χ1) is 9.66. The molecule has 1 fully saturated rings. The lowest BCUT2D eigenvalue weighted by Crippen LogP contribution is -2.39. The van der Waals surface area contributed by atoms with E-state index < -0.39 is 0 Å². The Morgan fingerprint density at radius 3 is 2.50 bits per heavy atom. The molecule has 2 aromatic rings. The monoisotopic (exact) mass is 290 g/mol. The second-order valence-corrected chi connectivity index (χ2v) is 5.38. The van der Waals surface area contributed by atoms with E-state index in [2.05, 4.69) is 15.1 Å². The first-order valence-corrected chi connectivity index (χ1v) is 7.00. The number of halogens is 1. The summed E-state index contributed by atoms with van der Waals surface area (Å²) in [6.45, 7) is 1.52. The maximum Gasteiger partial charge on any atom is 0.220 e. The number of carbonyl (C=O) groups excluding carboxylic acids is 1. The van der Waals surface area contributed by atoms with Crippen LogP contribution in [-0.4, -0.2) is 29.2 Å². The SMILES string of the molecule is NC(=O)C1CCN(c2nnc(Cl)c3ccccc23)CC1. The molecule has 6 heteroatoms. The first kappa shape index (κ1) is 13.1. The van der Waals surface area contributed by atoms with Gasteiger partial charge in [-0.15, -0.1) is 10.2 Å². The molecule has 0 radical (unpaired) electrons. The maximum atomic E-state index is 11.2. The number of hydrogen-bond donors (Lipinski definition) is 1. The van der Waals surface area contributed by atoms with E-state index in [4.69, 9.17) is 17.3 Å². The Kier molecular flexibility index (Phi) is 3.44. The second kappa shape index (κ2) is 5.25. The van der Waals surface area contributed by atoms with E-state index in [1.165, 1.54) is 0 Å². The van der Waals surface area contributed by atoms with Gasteiger partial charge in [0.25, 0.3) is 0 Å². The fraction of sp³-hybridized carbons (Fsp3) is 0.357. The van der Waals surface area contributed by atoms with Crippen molar-refractivity contribution in [3.63, 3.8) is 0 Å². The van der Waals surface area contributed by atoms with Gasteiger partial charge in [-0.05, 0) is 12.8 Å². The zero-order valence-electron chi connectivity index (χ0n) is 10.9. The molecule has 20 heavy (non-hydrogen) atoms. The summed E-state index contributed by atoms with van der Waals surface area (Å²) in [6, 6.07) is 7.82. The first-order valence-electron chi connectivity index (χ1n) is 6.62. The summed E-state index contributed by atoms with van der Waals surface area (Å²) >= 11 is 6.08. The zero-order valence-corrected chi connectivity index (χ0v) is 11.7. The number of amides is 1. The predicted molar refractivity (Wildman–Crippen MR) is 78.7 cm³/mol. The van der Waals surface area contributed by atoms with E-state index in [-0.39, 0.29) is 11.8 Å². The van der Waals surface area contributed by atoms with Crippen LogP contribution in [-0.2, 0) is 4.79 Å². The third-order valence-corrected chi connectivity index (χ3v) is 4.10. The summed E-state index contributed by atoms with van der Waals surface area (Å²) < 4.78 is 0. The molecule has 1 aromatic carbocycles. The van der Waals surface area contributed by atoms with Gasteiger partial charge < -0.3 is 10.6 Å². The molecule has 0 unspecified atom stereocenters. The highest BCUT2D eigenvalue weighted by Crippen LogP contribution is 2.30. The highest BCUT2D eigenvalue weighted by Gasteiger charge is 2.25. The van der Waals surface area contributed by atoms with Crippen molar-refractivity contribution in [2.75, 3.05) is 18.0 Å². The zero-order chi connectivity index (χ0) is 14.1. The molecule has 1 amide bonds. The molecule has 0 atom stereocenters. The standard InChI is InChI=1S/C14H15ClN4O/c15-12-10-3-1-2-4-11(10)14(18-17-12)19-7-5-9(6-8-19)13(16)20/h1-4,9H,5-8H2,(H2,16,20). The Hall–Kier alpha value is -1.88. The maximum absolute atomic E-state index is 11.2. The van der Waals surface area contributed by atoms with Crippen LogP contribution < -0.4 is 10.6 Å². The average Bonchev–Trinajstić information content (AvgIpc) is 2.48. The summed E-state index contributed by atoms with van der Waals surface area (Å²) in [7, 11) is 0. The minimum Gasteiger partial charge on any atom is -0.369 e. The van der Waals surface area contributed by atoms with E-state index in [1.807, 2.05) is 24.3 Å². The Labute approximate surface area is 121 Å². The van der Waals surface area contributed by atoms with Crippen molar-refractivity contribution < 1.29 is 4.79 Å². The fourth-order valence-electron chi connectivity index (χ4n) is 2.67. The van der Waals surface area contributed by atoms with Crippen LogP contribution in [0.3, 0.4) is 0 Å². The summed E-state index contributed by atoms with van der Waals surface area (Å²) in [5.74, 6) is 0.586. The number of primary amides is 1. The van der Waals surface area contributed by atoms with Gasteiger partial charge in [-0.1, -0.05) is 35.9 Å². The highest BCUT2D eigenvalue weighted by molar-refractivity contribution is 6.34. The Morgan fingerprint density at radius 2 is 1.85 bits per heavy atom. The molecule has 0 saturated carbocycles. The molecule has 1 saturated heterocycles. The Bertz CT molecular complexity index is 653. The molecule has 1 aliphatic heterocycles. The fourth-order valence-corrected chi connectivity index (χ4v) is 2.87. The summed E-state index contributed by atoms with van der Waals surface area (Å²) in [5.41, 5.74) is 5.36. The number of rotatable bonds is 2. The van der Waals surface area contributed by atoms with Gasteiger partial charge in [0.2, 0.25) is 5.91 Å². The third kappa shape index (κ3) is 2.29. The largest absolute Gasteiger partial charge is 0.369 e. The van der Waals surface area contributed by atoms with E-state index in [9.17, 15) is 4.79 Å². The lowest BCUT2D eigenvalue weighted by atomic mass is 9.96. The molecule has 1 aliphatic rings. The van der Waals surface area contributed by atoms with Gasteiger partial charge in [0, 0.05) is 29.8 Å². The highest BCUT2D eigenvalue weighted by atomic mass is 35.5. The van der Waals surface area contributed by atoms with Gasteiger partial charge in [0.15, 0.2) is 11.0 Å². The van der Waals surface area contributed by atoms with Gasteiger partial charge in [-0.2, -0.15) is 0 Å². The quantitative estimate of drug-likeness (QED) is 0.918. The van der Waals surface area contributed by atoms with Crippen molar-refractivity contribution in [1.29, 1.82) is 0 Å². The summed E-state index contributed by atoms with van der Waals surface area (Å²) in [5, 5.41) is 10.5. The predicted octanol–water partition coefficient (Wildman–Crippen LogP) is 1.98. The average molecular weight is 291 g/mol. The molecule has 5 nitrogen and oxygen atoms in total. The summed E-state index contributed by atoms with van der Waals surface area (Å²) in [4.78, 5) is 13.4. The van der Waals surface area contributed by atoms with Crippen LogP contribution in [0, 0.1) is 5.92 Å².